The molecule has 2 aromatic heterocycles. The summed E-state index contributed by atoms with van der Waals surface area (Å²) >= 11 is 5.19. The molecule has 3 heterocycles. The van der Waals surface area contributed by atoms with Crippen molar-refractivity contribution in [2.24, 2.45) is 5.73 Å². The van der Waals surface area contributed by atoms with Crippen LogP contribution in [0.25, 0.3) is 10.7 Å². The molecule has 0 aliphatic carbocycles. The first-order chi connectivity index (χ1) is 7.74. The zero-order chi connectivity index (χ0) is 11.1. The maximum atomic E-state index is 6.01. The molecule has 5 heteroatoms. The SMILES string of the molecule is NC1CCc2cnc(-c3ccc(Br)s3)n2C1. The zero-order valence-corrected chi connectivity index (χ0v) is 11.1. The molecule has 3 nitrogen and oxygen atoms in total. The molecule has 0 bridgehead atoms. The second-order valence-corrected chi connectivity index (χ2v) is 6.55. The van der Waals surface area contributed by atoms with Crippen molar-refractivity contribution in [2.45, 2.75) is 25.4 Å². The summed E-state index contributed by atoms with van der Waals surface area (Å²) in [7, 11) is 0. The summed E-state index contributed by atoms with van der Waals surface area (Å²) in [5, 5.41) is 0. The minimum atomic E-state index is 0.267. The number of fused-ring (bicyclic) bond motifs is 1. The van der Waals surface area contributed by atoms with Gasteiger partial charge in [-0.3, -0.25) is 0 Å². The first-order valence-electron chi connectivity index (χ1n) is 5.30. The molecule has 0 fully saturated rings. The van der Waals surface area contributed by atoms with Crippen molar-refractivity contribution < 1.29 is 0 Å². The molecule has 84 valence electrons. The Morgan fingerprint density at radius 2 is 2.38 bits per heavy atom. The number of aryl methyl sites for hydroxylation is 1. The molecule has 1 unspecified atom stereocenters. The molecule has 0 saturated carbocycles. The smallest absolute Gasteiger partial charge is 0.150 e. The van der Waals surface area contributed by atoms with Gasteiger partial charge in [0, 0.05) is 24.5 Å². The quantitative estimate of drug-likeness (QED) is 0.879. The predicted molar refractivity (Wildman–Crippen MR) is 69.5 cm³/mol. The van der Waals surface area contributed by atoms with Crippen molar-refractivity contribution in [3.63, 3.8) is 0 Å². The summed E-state index contributed by atoms with van der Waals surface area (Å²) in [6, 6.07) is 4.43. The van der Waals surface area contributed by atoms with E-state index >= 15 is 0 Å². The number of hydrogen-bond acceptors (Lipinski definition) is 3. The van der Waals surface area contributed by atoms with Crippen LogP contribution in [0.1, 0.15) is 12.1 Å². The molecule has 1 atom stereocenters. The fourth-order valence-electron chi connectivity index (χ4n) is 2.10. The number of halogens is 1. The van der Waals surface area contributed by atoms with E-state index in [1.807, 2.05) is 6.20 Å². The second-order valence-electron chi connectivity index (χ2n) is 4.09. The second kappa shape index (κ2) is 3.98. The van der Waals surface area contributed by atoms with Crippen molar-refractivity contribution in [3.8, 4) is 10.7 Å². The van der Waals surface area contributed by atoms with Gasteiger partial charge in [0.05, 0.1) is 8.66 Å². The van der Waals surface area contributed by atoms with Crippen molar-refractivity contribution in [2.75, 3.05) is 0 Å². The largest absolute Gasteiger partial charge is 0.326 e. The van der Waals surface area contributed by atoms with E-state index in [9.17, 15) is 0 Å². The van der Waals surface area contributed by atoms with Gasteiger partial charge in [-0.2, -0.15) is 0 Å². The van der Waals surface area contributed by atoms with Gasteiger partial charge in [0.2, 0.25) is 0 Å². The maximum Gasteiger partial charge on any atom is 0.150 e. The van der Waals surface area contributed by atoms with Gasteiger partial charge in [-0.25, -0.2) is 4.98 Å². The summed E-state index contributed by atoms with van der Waals surface area (Å²) in [6.45, 7) is 0.889. The van der Waals surface area contributed by atoms with Crippen molar-refractivity contribution in [1.29, 1.82) is 0 Å². The lowest BCUT2D eigenvalue weighted by Crippen LogP contribution is -2.31. The number of rotatable bonds is 1. The third kappa shape index (κ3) is 1.73. The highest BCUT2D eigenvalue weighted by Gasteiger charge is 2.20. The van der Waals surface area contributed by atoms with Crippen LogP contribution in [0.15, 0.2) is 22.1 Å². The number of thiophene rings is 1. The minimum Gasteiger partial charge on any atom is -0.326 e. The number of hydrogen-bond donors (Lipinski definition) is 1. The average Bonchev–Trinajstić information content (AvgIpc) is 2.83. The third-order valence-electron chi connectivity index (χ3n) is 2.92. The summed E-state index contributed by atoms with van der Waals surface area (Å²) in [5.74, 6) is 1.06. The van der Waals surface area contributed by atoms with Crippen molar-refractivity contribution in [3.05, 3.63) is 27.8 Å². The van der Waals surface area contributed by atoms with Crippen LogP contribution in [-0.2, 0) is 13.0 Å². The van der Waals surface area contributed by atoms with Gasteiger partial charge in [-0.15, -0.1) is 11.3 Å². The van der Waals surface area contributed by atoms with Crippen LogP contribution in [0, 0.1) is 0 Å². The summed E-state index contributed by atoms with van der Waals surface area (Å²) < 4.78 is 3.40. The van der Waals surface area contributed by atoms with E-state index in [1.165, 1.54) is 10.6 Å². The Hall–Kier alpha value is -0.650. The standard InChI is InChI=1S/C11H12BrN3S/c12-10-4-3-9(16-10)11-14-5-8-2-1-7(13)6-15(8)11/h3-5,7H,1-2,6,13H2. The van der Waals surface area contributed by atoms with Crippen LogP contribution in [0.2, 0.25) is 0 Å². The Labute approximate surface area is 106 Å². The lowest BCUT2D eigenvalue weighted by atomic mass is 10.1. The lowest BCUT2D eigenvalue weighted by molar-refractivity contribution is 0.464. The summed E-state index contributed by atoms with van der Waals surface area (Å²) in [6.07, 6.45) is 4.09. The molecule has 1 aliphatic heterocycles. The summed E-state index contributed by atoms with van der Waals surface area (Å²) in [5.41, 5.74) is 7.31. The Bertz CT molecular complexity index is 517. The molecule has 1 aliphatic rings. The van der Waals surface area contributed by atoms with E-state index in [2.05, 4.69) is 37.6 Å². The van der Waals surface area contributed by atoms with Crippen LogP contribution in [0.4, 0.5) is 0 Å². The maximum absolute atomic E-state index is 6.01. The van der Waals surface area contributed by atoms with Gasteiger partial charge in [-0.1, -0.05) is 0 Å². The monoisotopic (exact) mass is 297 g/mol. The van der Waals surface area contributed by atoms with E-state index in [0.717, 1.165) is 29.0 Å². The van der Waals surface area contributed by atoms with Crippen LogP contribution >= 0.6 is 27.3 Å². The highest BCUT2D eigenvalue weighted by molar-refractivity contribution is 9.11. The van der Waals surface area contributed by atoms with Gasteiger partial charge in [0.15, 0.2) is 0 Å². The van der Waals surface area contributed by atoms with E-state index in [4.69, 9.17) is 5.73 Å². The Morgan fingerprint density at radius 1 is 1.50 bits per heavy atom. The minimum absolute atomic E-state index is 0.267. The topological polar surface area (TPSA) is 43.8 Å². The van der Waals surface area contributed by atoms with E-state index < -0.39 is 0 Å². The average molecular weight is 298 g/mol. The van der Waals surface area contributed by atoms with Crippen molar-refractivity contribution in [1.82, 2.24) is 9.55 Å². The van der Waals surface area contributed by atoms with Gasteiger partial charge in [0.1, 0.15) is 5.82 Å². The Kier molecular flexibility index (Phi) is 2.61. The molecular weight excluding hydrogens is 286 g/mol. The fourth-order valence-corrected chi connectivity index (χ4v) is 3.50. The molecule has 0 amide bonds. The van der Waals surface area contributed by atoms with E-state index in [-0.39, 0.29) is 6.04 Å². The van der Waals surface area contributed by atoms with E-state index in [1.54, 1.807) is 11.3 Å². The number of aromatic nitrogens is 2. The normalized spacial score (nSPS) is 19.8. The first-order valence-corrected chi connectivity index (χ1v) is 6.90. The highest BCUT2D eigenvalue weighted by Crippen LogP contribution is 2.32. The van der Waals surface area contributed by atoms with Crippen LogP contribution in [0.5, 0.6) is 0 Å². The molecule has 3 rings (SSSR count). The number of nitrogens with two attached hydrogens (primary N) is 1. The summed E-state index contributed by atoms with van der Waals surface area (Å²) in [4.78, 5) is 5.71. The fraction of sp³-hybridized carbons (Fsp3) is 0.364. The number of nitrogens with zero attached hydrogens (tertiary/aromatic N) is 2. The molecule has 0 aromatic carbocycles. The molecule has 2 aromatic rings. The van der Waals surface area contributed by atoms with Gasteiger partial charge in [-0.05, 0) is 40.9 Å². The zero-order valence-electron chi connectivity index (χ0n) is 8.69. The van der Waals surface area contributed by atoms with Crippen LogP contribution in [-0.4, -0.2) is 15.6 Å². The molecule has 0 spiro atoms. The van der Waals surface area contributed by atoms with Gasteiger partial charge >= 0.3 is 0 Å². The Balaban J connectivity index is 2.06. The van der Waals surface area contributed by atoms with Crippen LogP contribution < -0.4 is 5.73 Å². The van der Waals surface area contributed by atoms with Gasteiger partial charge < -0.3 is 10.3 Å². The predicted octanol–water partition coefficient (Wildman–Crippen LogP) is 2.65. The molecule has 0 radical (unpaired) electrons. The third-order valence-corrected chi connectivity index (χ3v) is 4.54. The molecule has 16 heavy (non-hydrogen) atoms. The molecule has 0 saturated heterocycles. The Morgan fingerprint density at radius 3 is 3.12 bits per heavy atom. The molecule has 2 N–H and O–H groups in total. The lowest BCUT2D eigenvalue weighted by Gasteiger charge is -2.21. The van der Waals surface area contributed by atoms with E-state index in [0.29, 0.717) is 0 Å². The molecular formula is C11H12BrN3S. The van der Waals surface area contributed by atoms with Crippen LogP contribution in [0.3, 0.4) is 0 Å². The number of imidazole rings is 1. The first kappa shape index (κ1) is 10.5. The highest BCUT2D eigenvalue weighted by atomic mass is 79.9. The van der Waals surface area contributed by atoms with Gasteiger partial charge in [0.25, 0.3) is 0 Å². The van der Waals surface area contributed by atoms with Crippen molar-refractivity contribution >= 4 is 27.3 Å².